The minimum atomic E-state index is -1.35. The van der Waals surface area contributed by atoms with E-state index >= 15 is 0 Å². The minimum Gasteiger partial charge on any atom is -0.478 e. The number of rotatable bonds is 4. The Morgan fingerprint density at radius 3 is 2.19 bits per heavy atom. The zero-order valence-electron chi connectivity index (χ0n) is 7.98. The third kappa shape index (κ3) is 3.62. The molecule has 1 aromatic carbocycles. The van der Waals surface area contributed by atoms with Crippen LogP contribution in [-0.4, -0.2) is 22.2 Å². The summed E-state index contributed by atoms with van der Waals surface area (Å²) in [7, 11) is 0. The van der Waals surface area contributed by atoms with Crippen LogP contribution in [0.5, 0.6) is 0 Å². The molecule has 1 aromatic rings. The Morgan fingerprint density at radius 2 is 1.75 bits per heavy atom. The molecule has 0 aromatic heterocycles. The predicted molar refractivity (Wildman–Crippen MR) is 58.4 cm³/mol. The summed E-state index contributed by atoms with van der Waals surface area (Å²) in [5, 5.41) is 20.1. The van der Waals surface area contributed by atoms with Gasteiger partial charge in [-0.25, -0.2) is 9.59 Å². The van der Waals surface area contributed by atoms with E-state index in [-0.39, 0.29) is 0 Å². The average molecular weight is 242 g/mol. The predicted octanol–water partition coefficient (Wildman–Crippen LogP) is 1.80. The van der Waals surface area contributed by atoms with E-state index in [4.69, 9.17) is 21.8 Å². The summed E-state index contributed by atoms with van der Waals surface area (Å²) in [6, 6.07) is 6.20. The van der Waals surface area contributed by atoms with Crippen molar-refractivity contribution < 1.29 is 19.8 Å². The number of hydrogen-bond donors (Lipinski definition) is 3. The first-order chi connectivity index (χ1) is 7.49. The molecule has 84 valence electrons. The summed E-state index contributed by atoms with van der Waals surface area (Å²) < 4.78 is 0. The molecule has 3 N–H and O–H groups in total. The summed E-state index contributed by atoms with van der Waals surface area (Å²) >= 11 is 5.64. The van der Waals surface area contributed by atoms with Crippen LogP contribution in [0.3, 0.4) is 0 Å². The Balaban J connectivity index is 2.88. The van der Waals surface area contributed by atoms with Gasteiger partial charge in [-0.3, -0.25) is 0 Å². The highest BCUT2D eigenvalue weighted by molar-refractivity contribution is 6.30. The van der Waals surface area contributed by atoms with Crippen molar-refractivity contribution in [3.63, 3.8) is 0 Å². The van der Waals surface area contributed by atoms with Crippen LogP contribution in [0.15, 0.2) is 36.0 Å². The molecule has 0 atom stereocenters. The molecule has 6 heteroatoms. The quantitative estimate of drug-likeness (QED) is 0.700. The molecule has 0 bridgehead atoms. The highest BCUT2D eigenvalue weighted by Gasteiger charge is 2.09. The lowest BCUT2D eigenvalue weighted by Gasteiger charge is -2.05. The Hall–Kier alpha value is -2.01. The minimum absolute atomic E-state index is 0.421. The van der Waals surface area contributed by atoms with Gasteiger partial charge in [0.1, 0.15) is 5.70 Å². The number of aliphatic carboxylic acids is 2. The normalized spacial score (nSPS) is 10.9. The van der Waals surface area contributed by atoms with E-state index in [0.29, 0.717) is 16.8 Å². The van der Waals surface area contributed by atoms with Gasteiger partial charge in [-0.15, -0.1) is 0 Å². The van der Waals surface area contributed by atoms with Crippen LogP contribution in [0.1, 0.15) is 0 Å². The molecule has 0 spiro atoms. The van der Waals surface area contributed by atoms with E-state index in [1.54, 1.807) is 24.3 Å². The van der Waals surface area contributed by atoms with Gasteiger partial charge in [-0.1, -0.05) is 11.6 Å². The summed E-state index contributed by atoms with van der Waals surface area (Å²) in [6.45, 7) is 0. The van der Waals surface area contributed by atoms with E-state index in [1.807, 2.05) is 0 Å². The summed E-state index contributed by atoms with van der Waals surface area (Å²) in [5.41, 5.74) is 0.0223. The van der Waals surface area contributed by atoms with Crippen molar-refractivity contribution >= 4 is 29.2 Å². The molecule has 0 aliphatic carbocycles. The van der Waals surface area contributed by atoms with Gasteiger partial charge in [0.25, 0.3) is 0 Å². The van der Waals surface area contributed by atoms with E-state index in [2.05, 4.69) is 5.32 Å². The molecule has 0 radical (unpaired) electrons. The van der Waals surface area contributed by atoms with Gasteiger partial charge < -0.3 is 15.5 Å². The van der Waals surface area contributed by atoms with Gasteiger partial charge in [0.15, 0.2) is 0 Å². The lowest BCUT2D eigenvalue weighted by molar-refractivity contribution is -0.134. The zero-order chi connectivity index (χ0) is 12.1. The molecule has 0 unspecified atom stereocenters. The van der Waals surface area contributed by atoms with Crippen LogP contribution < -0.4 is 5.32 Å². The van der Waals surface area contributed by atoms with E-state index in [9.17, 15) is 9.59 Å². The SMILES string of the molecule is O=C(O)/C=C(\Nc1ccc(Cl)cc1)C(=O)O. The number of carboxylic acids is 2. The van der Waals surface area contributed by atoms with Crippen molar-refractivity contribution in [2.24, 2.45) is 0 Å². The fourth-order valence-electron chi connectivity index (χ4n) is 0.963. The fraction of sp³-hybridized carbons (Fsp3) is 0. The molecule has 5 nitrogen and oxygen atoms in total. The molecule has 1 rings (SSSR count). The van der Waals surface area contributed by atoms with Crippen LogP contribution in [0.4, 0.5) is 5.69 Å². The number of nitrogens with one attached hydrogen (secondary N) is 1. The molecule has 0 fully saturated rings. The number of anilines is 1. The van der Waals surface area contributed by atoms with E-state index in [1.165, 1.54) is 0 Å². The molecule has 16 heavy (non-hydrogen) atoms. The molecule has 0 amide bonds. The van der Waals surface area contributed by atoms with Gasteiger partial charge in [0, 0.05) is 10.7 Å². The first-order valence-corrected chi connectivity index (χ1v) is 4.57. The lowest BCUT2D eigenvalue weighted by Crippen LogP contribution is -2.12. The molecule has 0 heterocycles. The third-order valence-electron chi connectivity index (χ3n) is 1.62. The Morgan fingerprint density at radius 1 is 1.19 bits per heavy atom. The Kier molecular flexibility index (Phi) is 3.90. The molecule has 0 saturated carbocycles. The zero-order valence-corrected chi connectivity index (χ0v) is 8.73. The summed E-state index contributed by atoms with van der Waals surface area (Å²) in [5.74, 6) is -2.68. The molecular formula is C10H8ClNO4. The lowest BCUT2D eigenvalue weighted by atomic mass is 10.3. The topological polar surface area (TPSA) is 86.6 Å². The highest BCUT2D eigenvalue weighted by atomic mass is 35.5. The number of hydrogen-bond acceptors (Lipinski definition) is 3. The van der Waals surface area contributed by atoms with Crippen molar-refractivity contribution in [2.75, 3.05) is 5.32 Å². The number of carbonyl (C=O) groups is 2. The monoisotopic (exact) mass is 241 g/mol. The Bertz CT molecular complexity index is 439. The van der Waals surface area contributed by atoms with Crippen molar-refractivity contribution in [2.45, 2.75) is 0 Å². The highest BCUT2D eigenvalue weighted by Crippen LogP contribution is 2.15. The van der Waals surface area contributed by atoms with Crippen LogP contribution in [-0.2, 0) is 9.59 Å². The summed E-state index contributed by atoms with van der Waals surface area (Å²) in [4.78, 5) is 21.0. The van der Waals surface area contributed by atoms with Crippen molar-refractivity contribution in [1.29, 1.82) is 0 Å². The molecule has 0 saturated heterocycles. The van der Waals surface area contributed by atoms with Crippen molar-refractivity contribution in [3.8, 4) is 0 Å². The molecule has 0 aliphatic rings. The van der Waals surface area contributed by atoms with Crippen molar-refractivity contribution in [3.05, 3.63) is 41.1 Å². The standard InChI is InChI=1S/C10H8ClNO4/c11-6-1-3-7(4-2-6)12-8(10(15)16)5-9(13)14/h1-5,12H,(H,13,14)(H,15,16)/b8-5-. The first-order valence-electron chi connectivity index (χ1n) is 4.19. The molecule has 0 aliphatic heterocycles. The maximum Gasteiger partial charge on any atom is 0.352 e. The van der Waals surface area contributed by atoms with Crippen LogP contribution >= 0.6 is 11.6 Å². The molecular weight excluding hydrogens is 234 g/mol. The second kappa shape index (κ2) is 5.18. The fourth-order valence-corrected chi connectivity index (χ4v) is 1.09. The maximum absolute atomic E-state index is 10.7. The second-order valence-electron chi connectivity index (χ2n) is 2.83. The van der Waals surface area contributed by atoms with Gasteiger partial charge in [0.05, 0.1) is 6.08 Å². The third-order valence-corrected chi connectivity index (χ3v) is 1.87. The van der Waals surface area contributed by atoms with Crippen LogP contribution in [0.25, 0.3) is 0 Å². The maximum atomic E-state index is 10.7. The summed E-state index contributed by atoms with van der Waals surface area (Å²) in [6.07, 6.45) is 0.580. The number of halogens is 1. The first kappa shape index (κ1) is 12.1. The van der Waals surface area contributed by atoms with E-state index in [0.717, 1.165) is 0 Å². The number of carboxylic acid groups (broad SMARTS) is 2. The van der Waals surface area contributed by atoms with Gasteiger partial charge in [0.2, 0.25) is 0 Å². The van der Waals surface area contributed by atoms with Crippen LogP contribution in [0.2, 0.25) is 5.02 Å². The van der Waals surface area contributed by atoms with Crippen molar-refractivity contribution in [1.82, 2.24) is 0 Å². The largest absolute Gasteiger partial charge is 0.478 e. The Labute approximate surface area is 96.0 Å². The smallest absolute Gasteiger partial charge is 0.352 e. The van der Waals surface area contributed by atoms with Gasteiger partial charge in [-0.05, 0) is 24.3 Å². The number of benzene rings is 1. The van der Waals surface area contributed by atoms with E-state index < -0.39 is 17.6 Å². The van der Waals surface area contributed by atoms with Crippen LogP contribution in [0, 0.1) is 0 Å². The van der Waals surface area contributed by atoms with Gasteiger partial charge >= 0.3 is 11.9 Å². The second-order valence-corrected chi connectivity index (χ2v) is 3.27. The van der Waals surface area contributed by atoms with Gasteiger partial charge in [-0.2, -0.15) is 0 Å². The average Bonchev–Trinajstić information content (AvgIpc) is 2.19.